The van der Waals surface area contributed by atoms with Crippen molar-refractivity contribution in [1.82, 2.24) is 0 Å². The van der Waals surface area contributed by atoms with E-state index in [4.69, 9.17) is 14.2 Å². The summed E-state index contributed by atoms with van der Waals surface area (Å²) in [5, 5.41) is 10.8. The Hall–Kier alpha value is -2.15. The van der Waals surface area contributed by atoms with E-state index in [9.17, 15) is 14.9 Å². The lowest BCUT2D eigenvalue weighted by Gasteiger charge is -2.20. The Labute approximate surface area is 116 Å². The second-order valence-electron chi connectivity index (χ2n) is 4.99. The van der Waals surface area contributed by atoms with Crippen molar-refractivity contribution in [2.24, 2.45) is 0 Å². The van der Waals surface area contributed by atoms with Crippen LogP contribution in [0.4, 0.5) is 5.69 Å². The van der Waals surface area contributed by atoms with Gasteiger partial charge in [0.15, 0.2) is 6.79 Å². The van der Waals surface area contributed by atoms with Crippen molar-refractivity contribution in [3.8, 4) is 5.75 Å². The molecule has 0 bridgehead atoms. The van der Waals surface area contributed by atoms with Crippen molar-refractivity contribution in [2.75, 3.05) is 13.9 Å². The van der Waals surface area contributed by atoms with Crippen LogP contribution in [0.15, 0.2) is 18.2 Å². The van der Waals surface area contributed by atoms with E-state index in [0.29, 0.717) is 0 Å². The molecule has 0 saturated carbocycles. The quantitative estimate of drug-likeness (QED) is 0.357. The molecule has 0 aliphatic heterocycles. The number of carbonyl (C=O) groups is 1. The number of non-ortho nitro benzene ring substituents is 1. The van der Waals surface area contributed by atoms with Crippen molar-refractivity contribution in [3.63, 3.8) is 0 Å². The molecule has 0 radical (unpaired) electrons. The van der Waals surface area contributed by atoms with Crippen LogP contribution >= 0.6 is 0 Å². The lowest BCUT2D eigenvalue weighted by atomic mass is 10.1. The second kappa shape index (κ2) is 6.33. The zero-order valence-corrected chi connectivity index (χ0v) is 11.8. The normalized spacial score (nSPS) is 11.0. The SMILES string of the molecule is COCOc1ccc([N+](=O)[O-])cc1C(=O)OC(C)(C)C. The van der Waals surface area contributed by atoms with Gasteiger partial charge in [-0.3, -0.25) is 10.1 Å². The number of esters is 1. The molecule has 1 aromatic rings. The number of nitro benzene ring substituents is 1. The lowest BCUT2D eigenvalue weighted by Crippen LogP contribution is -2.24. The van der Waals surface area contributed by atoms with E-state index in [1.54, 1.807) is 20.8 Å². The highest BCUT2D eigenvalue weighted by molar-refractivity contribution is 5.93. The first-order valence-corrected chi connectivity index (χ1v) is 5.88. The Morgan fingerprint density at radius 1 is 1.35 bits per heavy atom. The van der Waals surface area contributed by atoms with Gasteiger partial charge in [0.25, 0.3) is 5.69 Å². The maximum atomic E-state index is 12.1. The highest BCUT2D eigenvalue weighted by atomic mass is 16.7. The largest absolute Gasteiger partial charge is 0.467 e. The van der Waals surface area contributed by atoms with Crippen molar-refractivity contribution >= 4 is 11.7 Å². The summed E-state index contributed by atoms with van der Waals surface area (Å²) in [6.07, 6.45) is 0. The molecule has 1 rings (SSSR count). The zero-order valence-electron chi connectivity index (χ0n) is 11.8. The molecule has 0 aromatic heterocycles. The van der Waals surface area contributed by atoms with Gasteiger partial charge in [-0.1, -0.05) is 0 Å². The summed E-state index contributed by atoms with van der Waals surface area (Å²) in [5.41, 5.74) is -0.929. The zero-order chi connectivity index (χ0) is 15.3. The predicted octanol–water partition coefficient (Wildman–Crippen LogP) is 2.53. The van der Waals surface area contributed by atoms with Crippen LogP contribution in [0.1, 0.15) is 31.1 Å². The first-order valence-electron chi connectivity index (χ1n) is 5.88. The van der Waals surface area contributed by atoms with Gasteiger partial charge in [-0.15, -0.1) is 0 Å². The van der Waals surface area contributed by atoms with Crippen LogP contribution in [-0.2, 0) is 9.47 Å². The standard InChI is InChI=1S/C13H17NO6/c1-13(2,3)20-12(15)10-7-9(14(16)17)5-6-11(10)19-8-18-4/h5-7H,8H2,1-4H3. The highest BCUT2D eigenvalue weighted by Crippen LogP contribution is 2.26. The predicted molar refractivity (Wildman–Crippen MR) is 70.8 cm³/mol. The first-order chi connectivity index (χ1) is 9.24. The van der Waals surface area contributed by atoms with Crippen LogP contribution in [0.25, 0.3) is 0 Å². The van der Waals surface area contributed by atoms with E-state index in [1.807, 2.05) is 0 Å². The molecule has 0 aliphatic rings. The first kappa shape index (κ1) is 15.9. The number of hydrogen-bond donors (Lipinski definition) is 0. The maximum absolute atomic E-state index is 12.1. The van der Waals surface area contributed by atoms with Gasteiger partial charge in [-0.2, -0.15) is 0 Å². The van der Waals surface area contributed by atoms with E-state index in [0.717, 1.165) is 6.07 Å². The number of methoxy groups -OCH3 is 1. The van der Waals surface area contributed by atoms with Gasteiger partial charge < -0.3 is 14.2 Å². The average Bonchev–Trinajstić information content (AvgIpc) is 2.33. The van der Waals surface area contributed by atoms with Gasteiger partial charge in [-0.25, -0.2) is 4.79 Å². The van der Waals surface area contributed by atoms with Gasteiger partial charge in [0.1, 0.15) is 16.9 Å². The Balaban J connectivity index is 3.13. The van der Waals surface area contributed by atoms with Gasteiger partial charge in [-0.05, 0) is 26.8 Å². The van der Waals surface area contributed by atoms with Crippen molar-refractivity contribution in [2.45, 2.75) is 26.4 Å². The minimum atomic E-state index is -0.708. The Morgan fingerprint density at radius 3 is 2.50 bits per heavy atom. The maximum Gasteiger partial charge on any atom is 0.342 e. The Morgan fingerprint density at radius 2 is 2.00 bits per heavy atom. The molecule has 0 spiro atoms. The molecule has 20 heavy (non-hydrogen) atoms. The molecular weight excluding hydrogens is 266 g/mol. The molecule has 0 saturated heterocycles. The number of ether oxygens (including phenoxy) is 3. The average molecular weight is 283 g/mol. The van der Waals surface area contributed by atoms with E-state index < -0.39 is 16.5 Å². The Bertz CT molecular complexity index is 506. The molecule has 0 unspecified atom stereocenters. The monoisotopic (exact) mass is 283 g/mol. The molecular formula is C13H17NO6. The number of nitrogens with zero attached hydrogens (tertiary/aromatic N) is 1. The molecule has 0 N–H and O–H groups in total. The van der Waals surface area contributed by atoms with Gasteiger partial charge >= 0.3 is 5.97 Å². The van der Waals surface area contributed by atoms with E-state index in [1.165, 1.54) is 19.2 Å². The summed E-state index contributed by atoms with van der Waals surface area (Å²) in [6.45, 7) is 5.04. The third kappa shape index (κ3) is 4.51. The number of carbonyl (C=O) groups excluding carboxylic acids is 1. The summed E-state index contributed by atoms with van der Waals surface area (Å²) >= 11 is 0. The third-order valence-electron chi connectivity index (χ3n) is 2.13. The molecule has 0 aliphatic carbocycles. The molecule has 0 atom stereocenters. The van der Waals surface area contributed by atoms with Crippen LogP contribution in [-0.4, -0.2) is 30.4 Å². The van der Waals surface area contributed by atoms with Crippen LogP contribution in [0.2, 0.25) is 0 Å². The lowest BCUT2D eigenvalue weighted by molar-refractivity contribution is -0.384. The van der Waals surface area contributed by atoms with Crippen molar-refractivity contribution in [3.05, 3.63) is 33.9 Å². The van der Waals surface area contributed by atoms with E-state index in [-0.39, 0.29) is 23.8 Å². The number of benzene rings is 1. The van der Waals surface area contributed by atoms with Crippen LogP contribution < -0.4 is 4.74 Å². The van der Waals surface area contributed by atoms with Crippen LogP contribution in [0.3, 0.4) is 0 Å². The Kier molecular flexibility index (Phi) is 5.04. The fraction of sp³-hybridized carbons (Fsp3) is 0.462. The summed E-state index contributed by atoms with van der Waals surface area (Å²) in [7, 11) is 1.43. The molecule has 0 amide bonds. The number of nitro groups is 1. The molecule has 110 valence electrons. The van der Waals surface area contributed by atoms with Gasteiger partial charge in [0, 0.05) is 19.2 Å². The van der Waals surface area contributed by atoms with Crippen LogP contribution in [0, 0.1) is 10.1 Å². The van der Waals surface area contributed by atoms with Gasteiger partial charge in [0.05, 0.1) is 4.92 Å². The summed E-state index contributed by atoms with van der Waals surface area (Å²) in [5.74, 6) is -0.515. The summed E-state index contributed by atoms with van der Waals surface area (Å²) in [4.78, 5) is 22.2. The van der Waals surface area contributed by atoms with Gasteiger partial charge in [0.2, 0.25) is 0 Å². The van der Waals surface area contributed by atoms with Crippen molar-refractivity contribution in [1.29, 1.82) is 0 Å². The minimum absolute atomic E-state index is 0.00817. The van der Waals surface area contributed by atoms with E-state index >= 15 is 0 Å². The van der Waals surface area contributed by atoms with E-state index in [2.05, 4.69) is 0 Å². The smallest absolute Gasteiger partial charge is 0.342 e. The molecule has 7 nitrogen and oxygen atoms in total. The summed E-state index contributed by atoms with van der Waals surface area (Å²) in [6, 6.07) is 3.72. The fourth-order valence-electron chi connectivity index (χ4n) is 1.37. The topological polar surface area (TPSA) is 87.9 Å². The highest BCUT2D eigenvalue weighted by Gasteiger charge is 2.23. The van der Waals surface area contributed by atoms with Crippen LogP contribution in [0.5, 0.6) is 5.75 Å². The third-order valence-corrected chi connectivity index (χ3v) is 2.13. The molecule has 7 heteroatoms. The number of rotatable bonds is 5. The molecule has 0 heterocycles. The minimum Gasteiger partial charge on any atom is -0.467 e. The second-order valence-corrected chi connectivity index (χ2v) is 4.99. The summed E-state index contributed by atoms with van der Waals surface area (Å²) < 4.78 is 15.2. The molecule has 1 aromatic carbocycles. The molecule has 0 fully saturated rings. The fourth-order valence-corrected chi connectivity index (χ4v) is 1.37. The number of hydrogen-bond acceptors (Lipinski definition) is 6. The van der Waals surface area contributed by atoms with Crippen molar-refractivity contribution < 1.29 is 23.9 Å².